The minimum atomic E-state index is -0.138. The van der Waals surface area contributed by atoms with Crippen LogP contribution in [0.25, 0.3) is 0 Å². The molecule has 2 aliphatic rings. The number of hydrogen-bond acceptors (Lipinski definition) is 4. The molecule has 2 N–H and O–H groups in total. The molecular weight excluding hydrogens is 306 g/mol. The Balaban J connectivity index is 1.54. The van der Waals surface area contributed by atoms with Crippen LogP contribution < -0.4 is 15.5 Å². The van der Waals surface area contributed by atoms with Gasteiger partial charge in [-0.2, -0.15) is 0 Å². The largest absolute Gasteiger partial charge is 0.357 e. The third-order valence-electron chi connectivity index (χ3n) is 4.55. The standard InChI is InChI=1S/C17H25N5O2/c1-13(23)19-15-5-4-10-22(12-15)17(24)20-14-6-7-16(18-11-14)21-8-2-3-9-21/h6-7,11,15H,2-5,8-10,12H2,1H3,(H,19,23)(H,20,24). The quantitative estimate of drug-likeness (QED) is 0.885. The molecule has 0 spiro atoms. The average molecular weight is 331 g/mol. The Kier molecular flexibility index (Phi) is 5.17. The maximum Gasteiger partial charge on any atom is 0.321 e. The van der Waals surface area contributed by atoms with Gasteiger partial charge >= 0.3 is 6.03 Å². The molecule has 0 saturated carbocycles. The Morgan fingerprint density at radius 2 is 1.96 bits per heavy atom. The Morgan fingerprint density at radius 1 is 1.17 bits per heavy atom. The molecular formula is C17H25N5O2. The third-order valence-corrected chi connectivity index (χ3v) is 4.55. The van der Waals surface area contributed by atoms with Crippen molar-refractivity contribution < 1.29 is 9.59 Å². The molecule has 3 heterocycles. The second kappa shape index (κ2) is 7.51. The smallest absolute Gasteiger partial charge is 0.321 e. The minimum Gasteiger partial charge on any atom is -0.357 e. The van der Waals surface area contributed by atoms with E-state index in [0.29, 0.717) is 18.8 Å². The number of urea groups is 1. The molecule has 7 heteroatoms. The van der Waals surface area contributed by atoms with Crippen LogP contribution in [0.5, 0.6) is 0 Å². The highest BCUT2D eigenvalue weighted by atomic mass is 16.2. The molecule has 3 amide bonds. The Morgan fingerprint density at radius 3 is 2.62 bits per heavy atom. The first-order valence-electron chi connectivity index (χ1n) is 8.66. The van der Waals surface area contributed by atoms with Gasteiger partial charge in [0.15, 0.2) is 0 Å². The van der Waals surface area contributed by atoms with Crippen LogP contribution in [0.3, 0.4) is 0 Å². The van der Waals surface area contributed by atoms with Gasteiger partial charge < -0.3 is 20.4 Å². The Labute approximate surface area is 142 Å². The van der Waals surface area contributed by atoms with Gasteiger partial charge in [0.1, 0.15) is 5.82 Å². The maximum atomic E-state index is 12.4. The summed E-state index contributed by atoms with van der Waals surface area (Å²) < 4.78 is 0. The number of pyridine rings is 1. The number of nitrogens with zero attached hydrogens (tertiary/aromatic N) is 3. The number of nitrogens with one attached hydrogen (secondary N) is 2. The topological polar surface area (TPSA) is 77.6 Å². The van der Waals surface area contributed by atoms with Crippen molar-refractivity contribution in [3.8, 4) is 0 Å². The lowest BCUT2D eigenvalue weighted by Gasteiger charge is -2.33. The second-order valence-corrected chi connectivity index (χ2v) is 6.52. The summed E-state index contributed by atoms with van der Waals surface area (Å²) >= 11 is 0. The van der Waals surface area contributed by atoms with Crippen LogP contribution in [0.1, 0.15) is 32.6 Å². The van der Waals surface area contributed by atoms with Crippen molar-refractivity contribution in [3.63, 3.8) is 0 Å². The van der Waals surface area contributed by atoms with Crippen LogP contribution in [0.15, 0.2) is 18.3 Å². The second-order valence-electron chi connectivity index (χ2n) is 6.52. The van der Waals surface area contributed by atoms with Crippen molar-refractivity contribution in [2.45, 2.75) is 38.6 Å². The molecule has 1 aromatic heterocycles. The van der Waals surface area contributed by atoms with Crippen molar-refractivity contribution in [2.75, 3.05) is 36.4 Å². The lowest BCUT2D eigenvalue weighted by molar-refractivity contribution is -0.119. The first kappa shape index (κ1) is 16.5. The van der Waals surface area contributed by atoms with E-state index in [1.54, 1.807) is 11.1 Å². The van der Waals surface area contributed by atoms with E-state index in [-0.39, 0.29) is 18.0 Å². The predicted octanol–water partition coefficient (Wildman–Crippen LogP) is 1.81. The molecule has 2 aliphatic heterocycles. The molecule has 7 nitrogen and oxygen atoms in total. The van der Waals surface area contributed by atoms with Gasteiger partial charge in [-0.1, -0.05) is 0 Å². The van der Waals surface area contributed by atoms with Crippen LogP contribution in [-0.4, -0.2) is 54.0 Å². The average Bonchev–Trinajstić information content (AvgIpc) is 3.09. The summed E-state index contributed by atoms with van der Waals surface area (Å²) in [6.07, 6.45) is 5.94. The predicted molar refractivity (Wildman–Crippen MR) is 93.1 cm³/mol. The fourth-order valence-corrected chi connectivity index (χ4v) is 3.36. The van der Waals surface area contributed by atoms with E-state index >= 15 is 0 Å². The number of carbonyl (C=O) groups excluding carboxylic acids is 2. The van der Waals surface area contributed by atoms with Gasteiger partial charge in [0.2, 0.25) is 5.91 Å². The van der Waals surface area contributed by atoms with Gasteiger partial charge in [0, 0.05) is 39.1 Å². The number of aromatic nitrogens is 1. The molecule has 3 rings (SSSR count). The monoisotopic (exact) mass is 331 g/mol. The maximum absolute atomic E-state index is 12.4. The fraction of sp³-hybridized carbons (Fsp3) is 0.588. The molecule has 2 fully saturated rings. The van der Waals surface area contributed by atoms with E-state index < -0.39 is 0 Å². The van der Waals surface area contributed by atoms with Gasteiger partial charge in [0.05, 0.1) is 11.9 Å². The number of rotatable bonds is 3. The van der Waals surface area contributed by atoms with E-state index in [2.05, 4.69) is 20.5 Å². The van der Waals surface area contributed by atoms with Crippen LogP contribution >= 0.6 is 0 Å². The molecule has 0 aromatic carbocycles. The number of piperidine rings is 1. The van der Waals surface area contributed by atoms with Crippen LogP contribution in [0, 0.1) is 0 Å². The van der Waals surface area contributed by atoms with Gasteiger partial charge in [0.25, 0.3) is 0 Å². The first-order valence-corrected chi connectivity index (χ1v) is 8.66. The number of likely N-dealkylation sites (tertiary alicyclic amines) is 1. The summed E-state index contributed by atoms with van der Waals surface area (Å²) in [7, 11) is 0. The van der Waals surface area contributed by atoms with E-state index in [0.717, 1.165) is 31.7 Å². The number of hydrogen-bond donors (Lipinski definition) is 2. The summed E-state index contributed by atoms with van der Waals surface area (Å²) in [5.41, 5.74) is 0.699. The molecule has 0 aliphatic carbocycles. The van der Waals surface area contributed by atoms with Crippen molar-refractivity contribution in [1.82, 2.24) is 15.2 Å². The summed E-state index contributed by atoms with van der Waals surface area (Å²) in [6.45, 7) is 4.87. The van der Waals surface area contributed by atoms with E-state index in [1.807, 2.05) is 12.1 Å². The molecule has 1 atom stereocenters. The normalized spacial score (nSPS) is 20.8. The molecule has 1 aromatic rings. The van der Waals surface area contributed by atoms with Gasteiger partial charge in [-0.25, -0.2) is 9.78 Å². The van der Waals surface area contributed by atoms with E-state index in [4.69, 9.17) is 0 Å². The fourth-order valence-electron chi connectivity index (χ4n) is 3.36. The number of carbonyl (C=O) groups is 2. The SMILES string of the molecule is CC(=O)NC1CCCN(C(=O)Nc2ccc(N3CCCC3)nc2)C1. The summed E-state index contributed by atoms with van der Waals surface area (Å²) in [5.74, 6) is 0.915. The van der Waals surface area contributed by atoms with Crippen molar-refractivity contribution >= 4 is 23.4 Å². The first-order chi connectivity index (χ1) is 11.6. The zero-order chi connectivity index (χ0) is 16.9. The molecule has 0 radical (unpaired) electrons. The highest BCUT2D eigenvalue weighted by Gasteiger charge is 2.24. The van der Waals surface area contributed by atoms with Crippen molar-refractivity contribution in [1.29, 1.82) is 0 Å². The van der Waals surface area contributed by atoms with E-state index in [9.17, 15) is 9.59 Å². The molecule has 2 saturated heterocycles. The molecule has 24 heavy (non-hydrogen) atoms. The molecule has 0 bridgehead atoms. The lowest BCUT2D eigenvalue weighted by Crippen LogP contribution is -2.50. The van der Waals surface area contributed by atoms with Gasteiger partial charge in [-0.15, -0.1) is 0 Å². The van der Waals surface area contributed by atoms with Crippen molar-refractivity contribution in [3.05, 3.63) is 18.3 Å². The highest BCUT2D eigenvalue weighted by molar-refractivity contribution is 5.89. The summed E-state index contributed by atoms with van der Waals surface area (Å²) in [6, 6.07) is 3.75. The Hall–Kier alpha value is -2.31. The van der Waals surface area contributed by atoms with Gasteiger partial charge in [-0.05, 0) is 37.8 Å². The molecule has 130 valence electrons. The van der Waals surface area contributed by atoms with E-state index in [1.165, 1.54) is 19.8 Å². The van der Waals surface area contributed by atoms with Crippen molar-refractivity contribution in [2.24, 2.45) is 0 Å². The Bertz CT molecular complexity index is 583. The minimum absolute atomic E-state index is 0.0395. The van der Waals surface area contributed by atoms with Gasteiger partial charge in [-0.3, -0.25) is 4.79 Å². The summed E-state index contributed by atoms with van der Waals surface area (Å²) in [5, 5.41) is 5.79. The van der Waals surface area contributed by atoms with Crippen LogP contribution in [0.2, 0.25) is 0 Å². The van der Waals surface area contributed by atoms with Crippen LogP contribution in [-0.2, 0) is 4.79 Å². The summed E-state index contributed by atoms with van der Waals surface area (Å²) in [4.78, 5) is 32.0. The lowest BCUT2D eigenvalue weighted by atomic mass is 10.1. The molecule has 1 unspecified atom stereocenters. The zero-order valence-corrected chi connectivity index (χ0v) is 14.1. The third kappa shape index (κ3) is 4.15. The highest BCUT2D eigenvalue weighted by Crippen LogP contribution is 2.19. The number of amides is 3. The number of anilines is 2. The van der Waals surface area contributed by atoms with Crippen LogP contribution in [0.4, 0.5) is 16.3 Å². The zero-order valence-electron chi connectivity index (χ0n) is 14.1.